The molecule has 2 aliphatic carbocycles. The van der Waals surface area contributed by atoms with E-state index < -0.39 is 0 Å². The molecule has 0 radical (unpaired) electrons. The highest BCUT2D eigenvalue weighted by atomic mass is 35.5. The molecule has 1 aromatic heterocycles. The van der Waals surface area contributed by atoms with Crippen molar-refractivity contribution in [1.29, 1.82) is 0 Å². The number of ketones is 1. The Kier molecular flexibility index (Phi) is 7.12. The second-order valence-electron chi connectivity index (χ2n) is 8.17. The molecule has 146 valence electrons. The molecule has 0 atom stereocenters. The number of rotatable bonds is 5. The number of halogens is 1. The van der Waals surface area contributed by atoms with E-state index in [1.807, 2.05) is 30.3 Å². The first kappa shape index (κ1) is 20.1. The van der Waals surface area contributed by atoms with Crippen molar-refractivity contribution in [2.45, 2.75) is 82.7 Å². The van der Waals surface area contributed by atoms with Crippen LogP contribution in [-0.2, 0) is 6.54 Å². The molecular weight excluding hydrogens is 356 g/mol. The molecule has 4 rings (SSSR count). The molecule has 3 nitrogen and oxygen atoms in total. The van der Waals surface area contributed by atoms with Crippen molar-refractivity contribution in [3.8, 4) is 0 Å². The third-order valence-corrected chi connectivity index (χ3v) is 6.28. The molecule has 0 aliphatic heterocycles. The van der Waals surface area contributed by atoms with E-state index in [-0.39, 0.29) is 18.2 Å². The Morgan fingerprint density at radius 2 is 1.56 bits per heavy atom. The summed E-state index contributed by atoms with van der Waals surface area (Å²) in [4.78, 5) is 12.7. The fourth-order valence-corrected chi connectivity index (χ4v) is 4.84. The molecule has 0 bridgehead atoms. The lowest BCUT2D eigenvalue weighted by atomic mass is 9.86. The Morgan fingerprint density at radius 1 is 0.926 bits per heavy atom. The summed E-state index contributed by atoms with van der Waals surface area (Å²) in [6, 6.07) is 10.3. The van der Waals surface area contributed by atoms with Crippen LogP contribution in [0.2, 0.25) is 0 Å². The average Bonchev–Trinajstić information content (AvgIpc) is 3.14. The number of hydrogen-bond acceptors (Lipinski definition) is 1. The number of carbonyl (C=O) groups excluding carboxylic acids is 1. The topological polar surface area (TPSA) is 25.9 Å². The SMILES string of the molecule is O=C(Cn1cc(C2CCCCC2)[n+](C2CCCCC2)c1)c1ccccc1.[Cl-]. The Morgan fingerprint density at radius 3 is 2.22 bits per heavy atom. The van der Waals surface area contributed by atoms with Gasteiger partial charge in [0.05, 0.1) is 0 Å². The normalized spacial score (nSPS) is 18.8. The highest BCUT2D eigenvalue weighted by molar-refractivity contribution is 5.95. The van der Waals surface area contributed by atoms with Crippen LogP contribution in [0.3, 0.4) is 0 Å². The zero-order chi connectivity index (χ0) is 17.8. The van der Waals surface area contributed by atoms with Gasteiger partial charge in [-0.15, -0.1) is 0 Å². The maximum Gasteiger partial charge on any atom is 0.244 e. The van der Waals surface area contributed by atoms with E-state index in [0.29, 0.717) is 18.5 Å². The van der Waals surface area contributed by atoms with Gasteiger partial charge < -0.3 is 12.4 Å². The number of hydrogen-bond donors (Lipinski definition) is 0. The van der Waals surface area contributed by atoms with Crippen LogP contribution >= 0.6 is 0 Å². The minimum atomic E-state index is 0. The smallest absolute Gasteiger partial charge is 0.244 e. The van der Waals surface area contributed by atoms with Gasteiger partial charge in [0.25, 0.3) is 0 Å². The second-order valence-corrected chi connectivity index (χ2v) is 8.17. The van der Waals surface area contributed by atoms with Crippen LogP contribution in [0.15, 0.2) is 42.9 Å². The van der Waals surface area contributed by atoms with E-state index in [9.17, 15) is 4.79 Å². The fraction of sp³-hybridized carbons (Fsp3) is 0.565. The van der Waals surface area contributed by atoms with Crippen molar-refractivity contribution in [2.24, 2.45) is 0 Å². The summed E-state index contributed by atoms with van der Waals surface area (Å²) in [6.45, 7) is 0.448. The summed E-state index contributed by atoms with van der Waals surface area (Å²) >= 11 is 0. The zero-order valence-corrected chi connectivity index (χ0v) is 16.9. The molecule has 2 aliphatic rings. The number of aromatic nitrogens is 2. The Bertz CT molecular complexity index is 693. The van der Waals surface area contributed by atoms with E-state index in [1.54, 1.807) is 0 Å². The molecule has 1 aromatic carbocycles. The molecule has 27 heavy (non-hydrogen) atoms. The Balaban J connectivity index is 0.00000210. The molecule has 1 heterocycles. The molecule has 0 N–H and O–H groups in total. The molecule has 0 unspecified atom stereocenters. The number of nitrogens with zero attached hydrogens (tertiary/aromatic N) is 2. The third kappa shape index (κ3) is 4.82. The molecule has 2 aromatic rings. The van der Waals surface area contributed by atoms with Crippen LogP contribution in [0.25, 0.3) is 0 Å². The molecule has 0 saturated heterocycles. The van der Waals surface area contributed by atoms with Crippen molar-refractivity contribution < 1.29 is 21.8 Å². The molecule has 0 amide bonds. The van der Waals surface area contributed by atoms with Crippen molar-refractivity contribution >= 4 is 5.78 Å². The van der Waals surface area contributed by atoms with Gasteiger partial charge in [0.2, 0.25) is 12.1 Å². The number of carbonyl (C=O) groups is 1. The highest BCUT2D eigenvalue weighted by Gasteiger charge is 2.30. The monoisotopic (exact) mass is 386 g/mol. The summed E-state index contributed by atoms with van der Waals surface area (Å²) in [5.74, 6) is 0.880. The van der Waals surface area contributed by atoms with Crippen molar-refractivity contribution in [1.82, 2.24) is 4.57 Å². The maximum absolute atomic E-state index is 12.7. The first-order valence-corrected chi connectivity index (χ1v) is 10.5. The van der Waals surface area contributed by atoms with E-state index in [4.69, 9.17) is 0 Å². The van der Waals surface area contributed by atoms with Crippen LogP contribution in [0.1, 0.15) is 92.2 Å². The van der Waals surface area contributed by atoms with E-state index in [0.717, 1.165) is 5.56 Å². The summed E-state index contributed by atoms with van der Waals surface area (Å²) in [7, 11) is 0. The molecular formula is C23H31ClN2O. The predicted molar refractivity (Wildman–Crippen MR) is 103 cm³/mol. The quantitative estimate of drug-likeness (QED) is 0.571. The maximum atomic E-state index is 12.7. The van der Waals surface area contributed by atoms with Crippen molar-refractivity contribution in [3.63, 3.8) is 0 Å². The zero-order valence-electron chi connectivity index (χ0n) is 16.2. The Labute approximate surface area is 169 Å². The van der Waals surface area contributed by atoms with Crippen LogP contribution in [-0.4, -0.2) is 10.4 Å². The van der Waals surface area contributed by atoms with Crippen LogP contribution in [0.5, 0.6) is 0 Å². The predicted octanol–water partition coefficient (Wildman–Crippen LogP) is 2.22. The molecule has 2 fully saturated rings. The van der Waals surface area contributed by atoms with E-state index in [1.165, 1.54) is 69.9 Å². The summed E-state index contributed by atoms with van der Waals surface area (Å²) in [5.41, 5.74) is 2.29. The lowest BCUT2D eigenvalue weighted by molar-refractivity contribution is -0.733. The van der Waals surface area contributed by atoms with Crippen molar-refractivity contribution in [3.05, 3.63) is 54.1 Å². The highest BCUT2D eigenvalue weighted by Crippen LogP contribution is 2.33. The van der Waals surface area contributed by atoms with Crippen LogP contribution < -0.4 is 17.0 Å². The largest absolute Gasteiger partial charge is 1.00 e. The molecule has 4 heteroatoms. The third-order valence-electron chi connectivity index (χ3n) is 6.28. The summed E-state index contributed by atoms with van der Waals surface area (Å²) < 4.78 is 4.70. The van der Waals surface area contributed by atoms with Crippen LogP contribution in [0.4, 0.5) is 0 Å². The second kappa shape index (κ2) is 9.54. The number of Topliss-reactive ketones (excluding diaryl/α,β-unsaturated/α-hetero) is 1. The van der Waals surface area contributed by atoms with Gasteiger partial charge in [-0.2, -0.15) is 0 Å². The lowest BCUT2D eigenvalue weighted by Crippen LogP contribution is -3.00. The molecule has 2 saturated carbocycles. The van der Waals surface area contributed by atoms with Gasteiger partial charge in [-0.3, -0.25) is 4.79 Å². The number of benzene rings is 1. The first-order chi connectivity index (χ1) is 12.8. The van der Waals surface area contributed by atoms with E-state index in [2.05, 4.69) is 21.7 Å². The van der Waals surface area contributed by atoms with Gasteiger partial charge in [-0.1, -0.05) is 56.0 Å². The van der Waals surface area contributed by atoms with Crippen LogP contribution in [0, 0.1) is 0 Å². The standard InChI is InChI=1S/C23H31N2O.ClH/c26-23(20-12-6-2-7-13-20)17-24-16-22(19-10-4-1-5-11-19)25(18-24)21-14-8-3-9-15-21;/h2,6-7,12-13,16,18-19,21H,1,3-5,8-11,14-15,17H2;1H/q+1;/p-1. The average molecular weight is 387 g/mol. The van der Waals surface area contributed by atoms with Gasteiger partial charge in [0, 0.05) is 11.5 Å². The minimum Gasteiger partial charge on any atom is -1.00 e. The summed E-state index contributed by atoms with van der Waals surface area (Å²) in [5, 5.41) is 0. The van der Waals surface area contributed by atoms with Gasteiger partial charge in [0.1, 0.15) is 17.9 Å². The van der Waals surface area contributed by atoms with Gasteiger partial charge >= 0.3 is 0 Å². The Hall–Kier alpha value is -1.61. The molecule has 0 spiro atoms. The fourth-order valence-electron chi connectivity index (χ4n) is 4.84. The minimum absolute atomic E-state index is 0. The van der Waals surface area contributed by atoms with E-state index >= 15 is 0 Å². The van der Waals surface area contributed by atoms with Gasteiger partial charge in [-0.25, -0.2) is 9.13 Å². The first-order valence-electron chi connectivity index (χ1n) is 10.5. The van der Waals surface area contributed by atoms with Crippen molar-refractivity contribution in [2.75, 3.05) is 0 Å². The summed E-state index contributed by atoms with van der Waals surface area (Å²) in [6.07, 6.45) is 17.9. The van der Waals surface area contributed by atoms with Gasteiger partial charge in [0.15, 0.2) is 6.54 Å². The van der Waals surface area contributed by atoms with Gasteiger partial charge in [-0.05, 0) is 38.5 Å². The lowest BCUT2D eigenvalue weighted by Gasteiger charge is -2.24. The number of imidazole rings is 1.